The molecule has 0 radical (unpaired) electrons. The molecule has 8 heteroatoms. The van der Waals surface area contributed by atoms with Crippen LogP contribution in [0.4, 0.5) is 0 Å². The smallest absolute Gasteiger partial charge is 0.262 e. The summed E-state index contributed by atoms with van der Waals surface area (Å²) in [6.45, 7) is 1.58. The topological polar surface area (TPSA) is 89.0 Å². The third-order valence-electron chi connectivity index (χ3n) is 3.67. The fraction of sp³-hybridized carbons (Fsp3) is 0.211. The number of halogens is 1. The van der Waals surface area contributed by atoms with Gasteiger partial charge in [-0.25, -0.2) is 5.43 Å². The Labute approximate surface area is 165 Å². The maximum absolute atomic E-state index is 12.1. The number of benzene rings is 2. The minimum absolute atomic E-state index is 0.342. The van der Waals surface area contributed by atoms with Crippen molar-refractivity contribution in [2.45, 2.75) is 13.0 Å². The van der Waals surface area contributed by atoms with Crippen LogP contribution in [0.1, 0.15) is 22.8 Å². The number of hydrazone groups is 1. The number of rotatable bonds is 7. The maximum atomic E-state index is 12.1. The Morgan fingerprint density at radius 1 is 1.11 bits per heavy atom. The first-order valence-electron chi connectivity index (χ1n) is 8.06. The van der Waals surface area contributed by atoms with Gasteiger partial charge in [0.05, 0.1) is 20.4 Å². The van der Waals surface area contributed by atoms with E-state index in [0.29, 0.717) is 22.6 Å². The highest BCUT2D eigenvalue weighted by molar-refractivity contribution is 9.10. The van der Waals surface area contributed by atoms with Gasteiger partial charge in [0, 0.05) is 21.7 Å². The first kappa shape index (κ1) is 20.4. The van der Waals surface area contributed by atoms with Crippen LogP contribution in [-0.2, 0) is 4.79 Å². The molecule has 0 fully saturated rings. The molecule has 0 heterocycles. The summed E-state index contributed by atoms with van der Waals surface area (Å²) in [5.74, 6) is 0.427. The summed E-state index contributed by atoms with van der Waals surface area (Å²) < 4.78 is 11.3. The molecule has 0 unspecified atom stereocenters. The van der Waals surface area contributed by atoms with Crippen LogP contribution >= 0.6 is 15.9 Å². The Bertz CT molecular complexity index is 837. The summed E-state index contributed by atoms with van der Waals surface area (Å²) in [7, 11) is 3.09. The van der Waals surface area contributed by atoms with Crippen LogP contribution in [0.25, 0.3) is 0 Å². The quantitative estimate of drug-likeness (QED) is 0.518. The third-order valence-corrected chi connectivity index (χ3v) is 4.19. The summed E-state index contributed by atoms with van der Waals surface area (Å²) in [5, 5.41) is 6.54. The van der Waals surface area contributed by atoms with Gasteiger partial charge in [0.25, 0.3) is 11.8 Å². The van der Waals surface area contributed by atoms with Crippen molar-refractivity contribution < 1.29 is 19.1 Å². The molecule has 27 heavy (non-hydrogen) atoms. The molecular formula is C19H20BrN3O4. The second-order valence-electron chi connectivity index (χ2n) is 5.54. The van der Waals surface area contributed by atoms with Crippen molar-refractivity contribution >= 4 is 34.0 Å². The lowest BCUT2D eigenvalue weighted by atomic mass is 10.2. The zero-order valence-electron chi connectivity index (χ0n) is 15.2. The van der Waals surface area contributed by atoms with E-state index in [1.54, 1.807) is 56.5 Å². The van der Waals surface area contributed by atoms with Crippen LogP contribution in [0.5, 0.6) is 11.5 Å². The Morgan fingerprint density at radius 2 is 1.81 bits per heavy atom. The fourth-order valence-corrected chi connectivity index (χ4v) is 2.40. The molecule has 2 N–H and O–H groups in total. The zero-order chi connectivity index (χ0) is 19.8. The zero-order valence-corrected chi connectivity index (χ0v) is 16.7. The minimum atomic E-state index is -0.754. The standard InChI is InChI=1S/C19H20BrN3O4/c1-12(22-19(25)13-4-7-15(20)8-5-13)18(24)23-21-11-14-6-9-16(26-2)10-17(14)27-3/h4-12H,1-3H3,(H,22,25)(H,23,24)/b21-11-/t12-/m1/s1. The minimum Gasteiger partial charge on any atom is -0.497 e. The van der Waals surface area contributed by atoms with Crippen LogP contribution in [0.15, 0.2) is 52.0 Å². The molecule has 0 aliphatic rings. The summed E-state index contributed by atoms with van der Waals surface area (Å²) in [6, 6.07) is 11.3. The predicted octanol–water partition coefficient (Wildman–Crippen LogP) is 2.73. The van der Waals surface area contributed by atoms with E-state index in [1.807, 2.05) is 0 Å². The SMILES string of the molecule is COc1ccc(/C=N\NC(=O)[C@@H](C)NC(=O)c2ccc(Br)cc2)c(OC)c1. The number of nitrogens with one attached hydrogen (secondary N) is 2. The molecule has 142 valence electrons. The summed E-state index contributed by atoms with van der Waals surface area (Å²) in [6.07, 6.45) is 1.46. The molecular weight excluding hydrogens is 414 g/mol. The number of carbonyl (C=O) groups is 2. The van der Waals surface area contributed by atoms with E-state index in [-0.39, 0.29) is 5.91 Å². The Kier molecular flexibility index (Phi) is 7.36. The van der Waals surface area contributed by atoms with E-state index in [2.05, 4.69) is 31.8 Å². The van der Waals surface area contributed by atoms with Crippen LogP contribution in [0.2, 0.25) is 0 Å². The Hall–Kier alpha value is -2.87. The van der Waals surface area contributed by atoms with Crippen LogP contribution < -0.4 is 20.2 Å². The number of nitrogens with zero attached hydrogens (tertiary/aromatic N) is 1. The lowest BCUT2D eigenvalue weighted by molar-refractivity contribution is -0.122. The van der Waals surface area contributed by atoms with Crippen molar-refractivity contribution in [1.82, 2.24) is 10.7 Å². The van der Waals surface area contributed by atoms with Gasteiger partial charge in [-0.1, -0.05) is 15.9 Å². The van der Waals surface area contributed by atoms with Gasteiger partial charge >= 0.3 is 0 Å². The molecule has 0 aliphatic carbocycles. The molecule has 2 rings (SSSR count). The van der Waals surface area contributed by atoms with Crippen molar-refractivity contribution in [3.05, 3.63) is 58.1 Å². The lowest BCUT2D eigenvalue weighted by Gasteiger charge is -2.12. The second kappa shape index (κ2) is 9.72. The monoisotopic (exact) mass is 433 g/mol. The average molecular weight is 434 g/mol. The molecule has 2 aromatic carbocycles. The molecule has 0 aliphatic heterocycles. The van der Waals surface area contributed by atoms with Crippen molar-refractivity contribution in [2.24, 2.45) is 5.10 Å². The molecule has 0 spiro atoms. The van der Waals surface area contributed by atoms with Crippen LogP contribution in [0.3, 0.4) is 0 Å². The van der Waals surface area contributed by atoms with E-state index in [0.717, 1.165) is 4.47 Å². The first-order valence-corrected chi connectivity index (χ1v) is 8.85. The molecule has 7 nitrogen and oxygen atoms in total. The van der Waals surface area contributed by atoms with E-state index >= 15 is 0 Å². The van der Waals surface area contributed by atoms with Gasteiger partial charge in [0.1, 0.15) is 17.5 Å². The molecule has 0 aromatic heterocycles. The number of hydrogen-bond donors (Lipinski definition) is 2. The van der Waals surface area contributed by atoms with Crippen molar-refractivity contribution in [3.63, 3.8) is 0 Å². The fourth-order valence-electron chi connectivity index (χ4n) is 2.13. The average Bonchev–Trinajstić information content (AvgIpc) is 2.68. The molecule has 2 amide bonds. The largest absolute Gasteiger partial charge is 0.497 e. The summed E-state index contributed by atoms with van der Waals surface area (Å²) in [4.78, 5) is 24.2. The Balaban J connectivity index is 1.93. The maximum Gasteiger partial charge on any atom is 0.262 e. The second-order valence-corrected chi connectivity index (χ2v) is 6.46. The molecule has 0 saturated heterocycles. The number of carbonyl (C=O) groups excluding carboxylic acids is 2. The van der Waals surface area contributed by atoms with Gasteiger partial charge in [0.15, 0.2) is 0 Å². The highest BCUT2D eigenvalue weighted by Crippen LogP contribution is 2.22. The van der Waals surface area contributed by atoms with Gasteiger partial charge in [-0.2, -0.15) is 5.10 Å². The van der Waals surface area contributed by atoms with Gasteiger partial charge < -0.3 is 14.8 Å². The molecule has 2 aromatic rings. The molecule has 0 bridgehead atoms. The first-order chi connectivity index (χ1) is 12.9. The van der Waals surface area contributed by atoms with Crippen LogP contribution in [-0.4, -0.2) is 38.3 Å². The molecule has 1 atom stereocenters. The van der Waals surface area contributed by atoms with Crippen molar-refractivity contribution in [3.8, 4) is 11.5 Å². The van der Waals surface area contributed by atoms with Gasteiger partial charge in [-0.05, 0) is 43.3 Å². The van der Waals surface area contributed by atoms with Crippen molar-refractivity contribution in [2.75, 3.05) is 14.2 Å². The van der Waals surface area contributed by atoms with E-state index in [4.69, 9.17) is 9.47 Å². The van der Waals surface area contributed by atoms with E-state index in [1.165, 1.54) is 13.3 Å². The normalized spacial score (nSPS) is 11.7. The van der Waals surface area contributed by atoms with E-state index in [9.17, 15) is 9.59 Å². The number of methoxy groups -OCH3 is 2. The van der Waals surface area contributed by atoms with Crippen molar-refractivity contribution in [1.29, 1.82) is 0 Å². The summed E-state index contributed by atoms with van der Waals surface area (Å²) >= 11 is 3.31. The Morgan fingerprint density at radius 3 is 2.44 bits per heavy atom. The lowest BCUT2D eigenvalue weighted by Crippen LogP contribution is -2.43. The van der Waals surface area contributed by atoms with Gasteiger partial charge in [-0.3, -0.25) is 9.59 Å². The predicted molar refractivity (Wildman–Crippen MR) is 106 cm³/mol. The number of hydrogen-bond acceptors (Lipinski definition) is 5. The highest BCUT2D eigenvalue weighted by atomic mass is 79.9. The highest BCUT2D eigenvalue weighted by Gasteiger charge is 2.16. The third kappa shape index (κ3) is 5.82. The van der Waals surface area contributed by atoms with Gasteiger partial charge in [0.2, 0.25) is 0 Å². The summed E-state index contributed by atoms with van der Waals surface area (Å²) in [5.41, 5.74) is 3.53. The van der Waals surface area contributed by atoms with Gasteiger partial charge in [-0.15, -0.1) is 0 Å². The number of ether oxygens (including phenoxy) is 2. The number of amides is 2. The van der Waals surface area contributed by atoms with Crippen LogP contribution in [0, 0.1) is 0 Å². The van der Waals surface area contributed by atoms with E-state index < -0.39 is 11.9 Å². The molecule has 0 saturated carbocycles.